The highest BCUT2D eigenvalue weighted by molar-refractivity contribution is 5.66. The molecule has 0 aliphatic rings. The van der Waals surface area contributed by atoms with E-state index in [1.807, 2.05) is 12.1 Å². The van der Waals surface area contributed by atoms with Crippen LogP contribution in [-0.2, 0) is 11.2 Å². The summed E-state index contributed by atoms with van der Waals surface area (Å²) >= 11 is 0. The Hall–Kier alpha value is -1.71. The van der Waals surface area contributed by atoms with E-state index in [0.717, 1.165) is 32.1 Å². The first kappa shape index (κ1) is 17.3. The lowest BCUT2D eigenvalue weighted by atomic mass is 10.0. The minimum atomic E-state index is -0.695. The molecular weight excluding hydrogens is 268 g/mol. The molecule has 2 N–H and O–H groups in total. The van der Waals surface area contributed by atoms with Gasteiger partial charge in [0.2, 0.25) is 0 Å². The molecular formula is C17H26O4. The number of aliphatic carboxylic acids is 1. The largest absolute Gasteiger partial charge is 0.504 e. The SMILES string of the molecule is COc1cc(CCCCCCCCCC(=O)O)ccc1O. The maximum atomic E-state index is 10.4. The van der Waals surface area contributed by atoms with Crippen LogP contribution in [0.1, 0.15) is 56.9 Å². The third kappa shape index (κ3) is 7.59. The predicted octanol–water partition coefficient (Wildman–Crippen LogP) is 4.15. The van der Waals surface area contributed by atoms with E-state index in [1.165, 1.54) is 24.8 Å². The zero-order valence-corrected chi connectivity index (χ0v) is 12.8. The molecule has 0 aromatic heterocycles. The van der Waals surface area contributed by atoms with Crippen LogP contribution in [0.15, 0.2) is 18.2 Å². The van der Waals surface area contributed by atoms with Crippen LogP contribution < -0.4 is 4.74 Å². The van der Waals surface area contributed by atoms with Crippen molar-refractivity contribution in [3.05, 3.63) is 23.8 Å². The summed E-state index contributed by atoms with van der Waals surface area (Å²) in [5.41, 5.74) is 1.19. The molecule has 118 valence electrons. The molecule has 0 atom stereocenters. The van der Waals surface area contributed by atoms with Crippen molar-refractivity contribution >= 4 is 5.97 Å². The Kier molecular flexibility index (Phi) is 8.32. The van der Waals surface area contributed by atoms with Crippen LogP contribution in [0.5, 0.6) is 11.5 Å². The number of phenolic OH excluding ortho intramolecular Hbond substituents is 1. The number of hydrogen-bond acceptors (Lipinski definition) is 3. The summed E-state index contributed by atoms with van der Waals surface area (Å²) in [5, 5.41) is 18.0. The lowest BCUT2D eigenvalue weighted by Crippen LogP contribution is -1.93. The van der Waals surface area contributed by atoms with E-state index >= 15 is 0 Å². The molecule has 0 aliphatic carbocycles. The lowest BCUT2D eigenvalue weighted by Gasteiger charge is -2.06. The first-order valence-electron chi connectivity index (χ1n) is 7.71. The molecule has 0 saturated carbocycles. The Morgan fingerprint density at radius 3 is 2.29 bits per heavy atom. The van der Waals surface area contributed by atoms with Gasteiger partial charge in [0, 0.05) is 6.42 Å². The van der Waals surface area contributed by atoms with Crippen molar-refractivity contribution in [3.63, 3.8) is 0 Å². The molecule has 1 aromatic carbocycles. The second-order valence-electron chi connectivity index (χ2n) is 5.37. The molecule has 0 amide bonds. The second-order valence-corrected chi connectivity index (χ2v) is 5.37. The number of methoxy groups -OCH3 is 1. The Bertz CT molecular complexity index is 429. The van der Waals surface area contributed by atoms with Gasteiger partial charge in [-0.1, -0.05) is 38.2 Å². The van der Waals surface area contributed by atoms with Gasteiger partial charge in [0.1, 0.15) is 0 Å². The number of hydrogen-bond donors (Lipinski definition) is 2. The first-order chi connectivity index (χ1) is 10.1. The number of benzene rings is 1. The monoisotopic (exact) mass is 294 g/mol. The van der Waals surface area contributed by atoms with Gasteiger partial charge in [-0.05, 0) is 37.0 Å². The van der Waals surface area contributed by atoms with Crippen LogP contribution in [0.25, 0.3) is 0 Å². The fourth-order valence-corrected chi connectivity index (χ4v) is 2.37. The van der Waals surface area contributed by atoms with Crippen molar-refractivity contribution in [1.29, 1.82) is 0 Å². The third-order valence-corrected chi connectivity index (χ3v) is 3.60. The maximum Gasteiger partial charge on any atom is 0.303 e. The highest BCUT2D eigenvalue weighted by Crippen LogP contribution is 2.27. The predicted molar refractivity (Wildman–Crippen MR) is 82.9 cm³/mol. The van der Waals surface area contributed by atoms with E-state index in [1.54, 1.807) is 13.2 Å². The summed E-state index contributed by atoms with van der Waals surface area (Å²) in [6.07, 6.45) is 8.91. The van der Waals surface area contributed by atoms with E-state index < -0.39 is 5.97 Å². The van der Waals surface area contributed by atoms with E-state index in [4.69, 9.17) is 9.84 Å². The summed E-state index contributed by atoms with van der Waals surface area (Å²) < 4.78 is 5.09. The highest BCUT2D eigenvalue weighted by atomic mass is 16.5. The summed E-state index contributed by atoms with van der Waals surface area (Å²) in [6.45, 7) is 0. The third-order valence-electron chi connectivity index (χ3n) is 3.60. The Labute approximate surface area is 126 Å². The minimum Gasteiger partial charge on any atom is -0.504 e. The number of phenols is 1. The van der Waals surface area contributed by atoms with Crippen LogP contribution in [-0.4, -0.2) is 23.3 Å². The molecule has 4 heteroatoms. The Morgan fingerprint density at radius 1 is 1.05 bits per heavy atom. The summed E-state index contributed by atoms with van der Waals surface area (Å²) in [4.78, 5) is 10.4. The van der Waals surface area contributed by atoms with Gasteiger partial charge in [-0.2, -0.15) is 0 Å². The van der Waals surface area contributed by atoms with Crippen LogP contribution in [0, 0.1) is 0 Å². The number of ether oxygens (including phenoxy) is 1. The first-order valence-corrected chi connectivity index (χ1v) is 7.71. The second kappa shape index (κ2) is 10.1. The molecule has 0 unspecified atom stereocenters. The van der Waals surface area contributed by atoms with Crippen molar-refractivity contribution in [1.82, 2.24) is 0 Å². The molecule has 0 aliphatic heterocycles. The summed E-state index contributed by atoms with van der Waals surface area (Å²) in [5.74, 6) is 0.0212. The zero-order valence-electron chi connectivity index (χ0n) is 12.8. The van der Waals surface area contributed by atoms with E-state index in [-0.39, 0.29) is 5.75 Å². The number of aryl methyl sites for hydroxylation is 1. The molecule has 1 rings (SSSR count). The average molecular weight is 294 g/mol. The highest BCUT2D eigenvalue weighted by Gasteiger charge is 2.02. The van der Waals surface area contributed by atoms with Crippen molar-refractivity contribution in [2.24, 2.45) is 0 Å². The van der Waals surface area contributed by atoms with E-state index in [2.05, 4.69) is 0 Å². The molecule has 4 nitrogen and oxygen atoms in total. The van der Waals surface area contributed by atoms with Gasteiger partial charge in [-0.15, -0.1) is 0 Å². The van der Waals surface area contributed by atoms with Crippen LogP contribution in [0.4, 0.5) is 0 Å². The van der Waals surface area contributed by atoms with Gasteiger partial charge in [-0.3, -0.25) is 4.79 Å². The van der Waals surface area contributed by atoms with Crippen molar-refractivity contribution < 1.29 is 19.7 Å². The quantitative estimate of drug-likeness (QED) is 0.602. The number of aromatic hydroxyl groups is 1. The van der Waals surface area contributed by atoms with Crippen molar-refractivity contribution in [3.8, 4) is 11.5 Å². The molecule has 0 radical (unpaired) electrons. The van der Waals surface area contributed by atoms with Crippen molar-refractivity contribution in [2.45, 2.75) is 57.8 Å². The van der Waals surface area contributed by atoms with E-state index in [0.29, 0.717) is 12.2 Å². The number of carboxylic acid groups (broad SMARTS) is 1. The number of rotatable bonds is 11. The topological polar surface area (TPSA) is 66.8 Å². The molecule has 0 spiro atoms. The van der Waals surface area contributed by atoms with Gasteiger partial charge in [0.15, 0.2) is 11.5 Å². The van der Waals surface area contributed by atoms with E-state index in [9.17, 15) is 9.90 Å². The molecule has 1 aromatic rings. The van der Waals surface area contributed by atoms with Crippen LogP contribution >= 0.6 is 0 Å². The summed E-state index contributed by atoms with van der Waals surface area (Å²) in [7, 11) is 1.56. The van der Waals surface area contributed by atoms with Crippen LogP contribution in [0.2, 0.25) is 0 Å². The van der Waals surface area contributed by atoms with Crippen LogP contribution in [0.3, 0.4) is 0 Å². The molecule has 0 fully saturated rings. The average Bonchev–Trinajstić information content (AvgIpc) is 2.46. The molecule has 0 saturated heterocycles. The standard InChI is InChI=1S/C17H26O4/c1-21-16-13-14(11-12-15(16)18)9-7-5-3-2-4-6-8-10-17(19)20/h11-13,18H,2-10H2,1H3,(H,19,20). The van der Waals surface area contributed by atoms with Gasteiger partial charge < -0.3 is 14.9 Å². The zero-order chi connectivity index (χ0) is 15.5. The number of carboxylic acids is 1. The molecule has 0 bridgehead atoms. The molecule has 21 heavy (non-hydrogen) atoms. The Balaban J connectivity index is 2.05. The smallest absolute Gasteiger partial charge is 0.303 e. The minimum absolute atomic E-state index is 0.183. The lowest BCUT2D eigenvalue weighted by molar-refractivity contribution is -0.137. The number of unbranched alkanes of at least 4 members (excludes halogenated alkanes) is 6. The van der Waals surface area contributed by atoms with Gasteiger partial charge in [-0.25, -0.2) is 0 Å². The van der Waals surface area contributed by atoms with Gasteiger partial charge >= 0.3 is 5.97 Å². The fourth-order valence-electron chi connectivity index (χ4n) is 2.37. The Morgan fingerprint density at radius 2 is 1.67 bits per heavy atom. The molecule has 0 heterocycles. The fraction of sp³-hybridized carbons (Fsp3) is 0.588. The normalized spacial score (nSPS) is 10.5. The maximum absolute atomic E-state index is 10.4. The van der Waals surface area contributed by atoms with Crippen molar-refractivity contribution in [2.75, 3.05) is 7.11 Å². The number of carbonyl (C=O) groups is 1. The van der Waals surface area contributed by atoms with Gasteiger partial charge in [0.05, 0.1) is 7.11 Å². The summed E-state index contributed by atoms with van der Waals surface area (Å²) in [6, 6.07) is 5.50. The van der Waals surface area contributed by atoms with Gasteiger partial charge in [0.25, 0.3) is 0 Å².